The third-order valence-corrected chi connectivity index (χ3v) is 3.95. The minimum absolute atomic E-state index is 0.117. The van der Waals surface area contributed by atoms with Gasteiger partial charge in [-0.15, -0.1) is 0 Å². The number of benzene rings is 2. The van der Waals surface area contributed by atoms with E-state index in [2.05, 4.69) is 25.3 Å². The molecule has 0 amide bonds. The molecule has 0 aliphatic rings. The minimum Gasteiger partial charge on any atom is -0.444 e. The van der Waals surface area contributed by atoms with Crippen LogP contribution < -0.4 is 15.4 Å². The van der Waals surface area contributed by atoms with Crippen LogP contribution >= 0.6 is 0 Å². The molecule has 1 aromatic heterocycles. The summed E-state index contributed by atoms with van der Waals surface area (Å²) in [7, 11) is 0. The zero-order valence-corrected chi connectivity index (χ0v) is 15.9. The summed E-state index contributed by atoms with van der Waals surface area (Å²) in [6, 6.07) is 16.2. The van der Waals surface area contributed by atoms with Gasteiger partial charge >= 0.3 is 6.61 Å². The number of aromatic nitrogens is 1. The van der Waals surface area contributed by atoms with Crippen molar-refractivity contribution in [3.8, 4) is 17.2 Å². The second-order valence-electron chi connectivity index (χ2n) is 6.04. The van der Waals surface area contributed by atoms with Crippen molar-refractivity contribution < 1.29 is 17.9 Å². The van der Waals surface area contributed by atoms with Crippen LogP contribution in [0.25, 0.3) is 11.5 Å². The predicted octanol–water partition coefficient (Wildman–Crippen LogP) is 4.20. The van der Waals surface area contributed by atoms with E-state index in [0.29, 0.717) is 30.5 Å². The summed E-state index contributed by atoms with van der Waals surface area (Å²) >= 11 is 0. The summed E-state index contributed by atoms with van der Waals surface area (Å²) in [5, 5.41) is 6.27. The first-order chi connectivity index (χ1) is 14.2. The van der Waals surface area contributed by atoms with Gasteiger partial charge in [-0.2, -0.15) is 8.78 Å². The molecule has 0 spiro atoms. The lowest BCUT2D eigenvalue weighted by Gasteiger charge is -2.12. The van der Waals surface area contributed by atoms with Crippen molar-refractivity contribution in [2.45, 2.75) is 26.6 Å². The van der Waals surface area contributed by atoms with Gasteiger partial charge in [-0.25, -0.2) is 9.98 Å². The molecule has 0 fully saturated rings. The Morgan fingerprint density at radius 2 is 1.86 bits per heavy atom. The minimum atomic E-state index is -2.88. The molecular weight excluding hydrogens is 378 g/mol. The summed E-state index contributed by atoms with van der Waals surface area (Å²) in [6.07, 6.45) is 1.59. The first-order valence-corrected chi connectivity index (χ1v) is 9.20. The molecule has 0 saturated heterocycles. The molecule has 3 aromatic rings. The van der Waals surface area contributed by atoms with Gasteiger partial charge in [0.25, 0.3) is 0 Å². The molecule has 152 valence electrons. The van der Waals surface area contributed by atoms with Crippen LogP contribution in [0.15, 0.2) is 70.3 Å². The number of oxazole rings is 1. The molecule has 0 aliphatic carbocycles. The van der Waals surface area contributed by atoms with Crippen LogP contribution in [0.1, 0.15) is 18.2 Å². The maximum atomic E-state index is 12.6. The second kappa shape index (κ2) is 10.2. The summed E-state index contributed by atoms with van der Waals surface area (Å²) in [6.45, 7) is 0.297. The van der Waals surface area contributed by atoms with Crippen LogP contribution in [-0.4, -0.2) is 24.1 Å². The van der Waals surface area contributed by atoms with E-state index in [1.807, 2.05) is 37.3 Å². The van der Waals surface area contributed by atoms with E-state index in [1.54, 1.807) is 24.5 Å². The number of alkyl halides is 2. The van der Waals surface area contributed by atoms with Crippen LogP contribution in [0.3, 0.4) is 0 Å². The Labute approximate surface area is 167 Å². The molecule has 3 rings (SSSR count). The van der Waals surface area contributed by atoms with E-state index in [1.165, 1.54) is 6.07 Å². The average molecular weight is 400 g/mol. The van der Waals surface area contributed by atoms with E-state index in [0.717, 1.165) is 11.3 Å². The molecule has 0 unspecified atom stereocenters. The Balaban J connectivity index is 1.64. The standard InChI is InChI=1S/C21H22F2N4O2/c1-2-24-21(25-12-16-10-6-7-11-18(16)29-20(22)23)26-13-17-14-28-19(27-17)15-8-4-3-5-9-15/h3-11,14,20H,2,12-13H2,1H3,(H2,24,25,26). The van der Waals surface area contributed by atoms with E-state index < -0.39 is 6.61 Å². The first kappa shape index (κ1) is 20.3. The number of guanidine groups is 1. The SMILES string of the molecule is CCNC(=NCc1ccccc1OC(F)F)NCc1coc(-c2ccccc2)n1. The van der Waals surface area contributed by atoms with Gasteiger partial charge in [0.15, 0.2) is 5.96 Å². The van der Waals surface area contributed by atoms with Crippen molar-refractivity contribution in [1.82, 2.24) is 15.6 Å². The van der Waals surface area contributed by atoms with Crippen molar-refractivity contribution in [3.05, 3.63) is 72.1 Å². The highest BCUT2D eigenvalue weighted by atomic mass is 19.3. The van der Waals surface area contributed by atoms with Gasteiger partial charge in [-0.3, -0.25) is 0 Å². The van der Waals surface area contributed by atoms with Gasteiger partial charge in [-0.05, 0) is 25.1 Å². The number of nitrogens with one attached hydrogen (secondary N) is 2. The van der Waals surface area contributed by atoms with Crippen molar-refractivity contribution >= 4 is 5.96 Å². The lowest BCUT2D eigenvalue weighted by molar-refractivity contribution is -0.0504. The van der Waals surface area contributed by atoms with Gasteiger partial charge in [0.2, 0.25) is 5.89 Å². The number of para-hydroxylation sites is 1. The zero-order valence-electron chi connectivity index (χ0n) is 15.9. The van der Waals surface area contributed by atoms with Crippen molar-refractivity contribution in [2.24, 2.45) is 4.99 Å². The first-order valence-electron chi connectivity index (χ1n) is 9.20. The van der Waals surface area contributed by atoms with Gasteiger partial charge in [0.05, 0.1) is 18.8 Å². The summed E-state index contributed by atoms with van der Waals surface area (Å²) in [5.74, 6) is 1.19. The number of hydrogen-bond acceptors (Lipinski definition) is 4. The highest BCUT2D eigenvalue weighted by molar-refractivity contribution is 5.79. The van der Waals surface area contributed by atoms with Crippen LogP contribution in [0, 0.1) is 0 Å². The summed E-state index contributed by atoms with van der Waals surface area (Å²) < 4.78 is 35.2. The maximum Gasteiger partial charge on any atom is 0.387 e. The second-order valence-corrected chi connectivity index (χ2v) is 6.04. The lowest BCUT2D eigenvalue weighted by Crippen LogP contribution is -2.36. The topological polar surface area (TPSA) is 71.7 Å². The fourth-order valence-electron chi connectivity index (χ4n) is 2.63. The van der Waals surface area contributed by atoms with E-state index in [9.17, 15) is 8.78 Å². The molecule has 29 heavy (non-hydrogen) atoms. The van der Waals surface area contributed by atoms with Crippen LogP contribution in [-0.2, 0) is 13.1 Å². The Kier molecular flexibility index (Phi) is 7.16. The number of aliphatic imine (C=N–C) groups is 1. The Hall–Kier alpha value is -3.42. The number of halogens is 2. The molecule has 0 aliphatic heterocycles. The Morgan fingerprint density at radius 1 is 1.10 bits per heavy atom. The number of ether oxygens (including phenoxy) is 1. The smallest absolute Gasteiger partial charge is 0.387 e. The Bertz CT molecular complexity index is 929. The molecule has 2 N–H and O–H groups in total. The third-order valence-electron chi connectivity index (χ3n) is 3.95. The number of hydrogen-bond donors (Lipinski definition) is 2. The van der Waals surface area contributed by atoms with Crippen LogP contribution in [0.2, 0.25) is 0 Å². The maximum absolute atomic E-state index is 12.6. The molecule has 0 atom stereocenters. The highest BCUT2D eigenvalue weighted by Crippen LogP contribution is 2.21. The Morgan fingerprint density at radius 3 is 2.62 bits per heavy atom. The summed E-state index contributed by atoms with van der Waals surface area (Å²) in [4.78, 5) is 8.91. The van der Waals surface area contributed by atoms with E-state index in [4.69, 9.17) is 4.42 Å². The lowest BCUT2D eigenvalue weighted by atomic mass is 10.2. The molecule has 0 saturated carbocycles. The van der Waals surface area contributed by atoms with Gasteiger partial charge in [0.1, 0.15) is 12.0 Å². The fraction of sp³-hybridized carbons (Fsp3) is 0.238. The van der Waals surface area contributed by atoms with Crippen LogP contribution in [0.4, 0.5) is 8.78 Å². The molecular formula is C21H22F2N4O2. The largest absolute Gasteiger partial charge is 0.444 e. The van der Waals surface area contributed by atoms with Gasteiger partial charge in [-0.1, -0.05) is 36.4 Å². The molecule has 2 aromatic carbocycles. The molecule has 1 heterocycles. The summed E-state index contributed by atoms with van der Waals surface area (Å²) in [5.41, 5.74) is 2.18. The quantitative estimate of drug-likeness (QED) is 0.438. The molecule has 6 nitrogen and oxygen atoms in total. The highest BCUT2D eigenvalue weighted by Gasteiger charge is 2.10. The molecule has 0 bridgehead atoms. The molecule has 0 radical (unpaired) electrons. The van der Waals surface area contributed by atoms with Gasteiger partial charge < -0.3 is 19.8 Å². The van der Waals surface area contributed by atoms with Crippen molar-refractivity contribution in [2.75, 3.05) is 6.54 Å². The van der Waals surface area contributed by atoms with Crippen LogP contribution in [0.5, 0.6) is 5.75 Å². The third kappa shape index (κ3) is 6.03. The monoisotopic (exact) mass is 400 g/mol. The molecule has 8 heteroatoms. The van der Waals surface area contributed by atoms with E-state index in [-0.39, 0.29) is 12.3 Å². The zero-order chi connectivity index (χ0) is 20.5. The van der Waals surface area contributed by atoms with Crippen molar-refractivity contribution in [1.29, 1.82) is 0 Å². The number of nitrogens with zero attached hydrogens (tertiary/aromatic N) is 2. The predicted molar refractivity (Wildman–Crippen MR) is 107 cm³/mol. The van der Waals surface area contributed by atoms with E-state index >= 15 is 0 Å². The fourth-order valence-corrected chi connectivity index (χ4v) is 2.63. The van der Waals surface area contributed by atoms with Gasteiger partial charge in [0, 0.05) is 17.7 Å². The average Bonchev–Trinajstić information content (AvgIpc) is 3.20. The van der Waals surface area contributed by atoms with Crippen molar-refractivity contribution in [3.63, 3.8) is 0 Å². The normalized spacial score (nSPS) is 11.5. The number of rotatable bonds is 8.